The van der Waals surface area contributed by atoms with Gasteiger partial charge in [-0.05, 0) is 31.0 Å². The first-order chi connectivity index (χ1) is 12.0. The first-order valence-corrected chi connectivity index (χ1v) is 9.02. The van der Waals surface area contributed by atoms with Crippen LogP contribution in [0.1, 0.15) is 16.7 Å². The average molecular weight is 353 g/mol. The van der Waals surface area contributed by atoms with Crippen molar-refractivity contribution < 1.29 is 14.7 Å². The van der Waals surface area contributed by atoms with E-state index in [1.165, 1.54) is 16.7 Å². The Balaban J connectivity index is 2.09. The van der Waals surface area contributed by atoms with Gasteiger partial charge < -0.3 is 5.11 Å². The second-order valence-corrected chi connectivity index (χ2v) is 6.98. The molecule has 0 bridgehead atoms. The number of nitrogens with zero attached hydrogens (tertiary/aromatic N) is 1. The summed E-state index contributed by atoms with van der Waals surface area (Å²) in [7, 11) is 0. The highest BCUT2D eigenvalue weighted by Crippen LogP contribution is 2.39. The Morgan fingerprint density at radius 1 is 0.960 bits per heavy atom. The van der Waals surface area contributed by atoms with E-state index in [-0.39, 0.29) is 18.4 Å². The minimum atomic E-state index is -0.326. The lowest BCUT2D eigenvalue weighted by Crippen LogP contribution is -2.31. The summed E-state index contributed by atoms with van der Waals surface area (Å²) in [4.78, 5) is 27.7. The van der Waals surface area contributed by atoms with E-state index in [4.69, 9.17) is 5.11 Å². The number of carbonyl (C=O) groups excluding carboxylic acids is 2. The molecule has 0 aromatic heterocycles. The van der Waals surface area contributed by atoms with Crippen molar-refractivity contribution >= 4 is 34.8 Å². The normalized spacial score (nSPS) is 14.6. The summed E-state index contributed by atoms with van der Waals surface area (Å²) in [5, 5.41) is 9.15. The Morgan fingerprint density at radius 3 is 2.28 bits per heavy atom. The molecule has 128 valence electrons. The number of rotatable bonds is 5. The molecule has 0 atom stereocenters. The fourth-order valence-electron chi connectivity index (χ4n) is 2.80. The van der Waals surface area contributed by atoms with E-state index in [1.807, 2.05) is 56.3 Å². The number of anilines is 1. The molecule has 0 fully saturated rings. The highest BCUT2D eigenvalue weighted by atomic mass is 32.2. The van der Waals surface area contributed by atoms with Crippen molar-refractivity contribution in [1.82, 2.24) is 0 Å². The van der Waals surface area contributed by atoms with Gasteiger partial charge in [-0.15, -0.1) is 11.8 Å². The third-order valence-electron chi connectivity index (χ3n) is 4.08. The second-order valence-electron chi connectivity index (χ2n) is 5.87. The molecule has 2 amide bonds. The van der Waals surface area contributed by atoms with Crippen LogP contribution in [0.3, 0.4) is 0 Å². The van der Waals surface area contributed by atoms with Crippen LogP contribution in [-0.2, 0) is 9.59 Å². The molecule has 1 N–H and O–H groups in total. The molecule has 1 aliphatic heterocycles. The van der Waals surface area contributed by atoms with E-state index in [9.17, 15) is 9.59 Å². The predicted octanol–water partition coefficient (Wildman–Crippen LogP) is 3.31. The number of aryl methyl sites for hydroxylation is 2. The van der Waals surface area contributed by atoms with Crippen LogP contribution in [0.4, 0.5) is 5.69 Å². The molecule has 5 heteroatoms. The highest BCUT2D eigenvalue weighted by Gasteiger charge is 2.40. The molecule has 0 spiro atoms. The van der Waals surface area contributed by atoms with Crippen molar-refractivity contribution in [2.45, 2.75) is 13.8 Å². The quantitative estimate of drug-likeness (QED) is 0.838. The first-order valence-electron chi connectivity index (χ1n) is 8.04. The molecular weight excluding hydrogens is 334 g/mol. The van der Waals surface area contributed by atoms with E-state index >= 15 is 0 Å². The molecule has 0 saturated carbocycles. The smallest absolute Gasteiger partial charge is 0.272 e. The van der Waals surface area contributed by atoms with Crippen molar-refractivity contribution in [3.8, 4) is 0 Å². The topological polar surface area (TPSA) is 57.6 Å². The number of carbonyl (C=O) groups is 2. The predicted molar refractivity (Wildman–Crippen MR) is 101 cm³/mol. The molecule has 0 radical (unpaired) electrons. The maximum Gasteiger partial charge on any atom is 0.272 e. The Morgan fingerprint density at radius 2 is 1.64 bits per heavy atom. The number of imide groups is 1. The van der Waals surface area contributed by atoms with Crippen LogP contribution in [0.25, 0.3) is 5.57 Å². The van der Waals surface area contributed by atoms with Gasteiger partial charge in [0.25, 0.3) is 11.8 Å². The minimum Gasteiger partial charge on any atom is -0.396 e. The number of benzene rings is 2. The first kappa shape index (κ1) is 17.5. The third-order valence-corrected chi connectivity index (χ3v) is 5.13. The summed E-state index contributed by atoms with van der Waals surface area (Å²) in [5.41, 5.74) is 3.68. The van der Waals surface area contributed by atoms with E-state index in [0.717, 1.165) is 16.7 Å². The van der Waals surface area contributed by atoms with Crippen molar-refractivity contribution in [2.75, 3.05) is 17.3 Å². The monoisotopic (exact) mass is 353 g/mol. The summed E-state index contributed by atoms with van der Waals surface area (Å²) < 4.78 is 0. The summed E-state index contributed by atoms with van der Waals surface area (Å²) in [6.07, 6.45) is 0. The number of thioether (sulfide) groups is 1. The largest absolute Gasteiger partial charge is 0.396 e. The third kappa shape index (κ3) is 3.25. The zero-order valence-corrected chi connectivity index (χ0v) is 15.0. The Labute approximate surface area is 151 Å². The molecule has 2 aromatic rings. The summed E-state index contributed by atoms with van der Waals surface area (Å²) in [6.45, 7) is 3.79. The Bertz CT molecular complexity index is 855. The number of hydrogen-bond acceptors (Lipinski definition) is 4. The van der Waals surface area contributed by atoms with E-state index in [0.29, 0.717) is 21.9 Å². The van der Waals surface area contributed by atoms with Gasteiger partial charge in [0.2, 0.25) is 0 Å². The lowest BCUT2D eigenvalue weighted by molar-refractivity contribution is -0.119. The summed E-state index contributed by atoms with van der Waals surface area (Å²) >= 11 is 1.22. The molecule has 0 saturated heterocycles. The van der Waals surface area contributed by atoms with Gasteiger partial charge in [0, 0.05) is 5.75 Å². The zero-order chi connectivity index (χ0) is 18.0. The second kappa shape index (κ2) is 7.25. The standard InChI is InChI=1S/C20H19NO3S/c1-13-7-9-15(10-8-13)17-18(25-12-11-22)20(24)21(19(17)23)16-6-4-3-5-14(16)2/h3-10,22H,11-12H2,1-2H3. The zero-order valence-electron chi connectivity index (χ0n) is 14.2. The van der Waals surface area contributed by atoms with Crippen LogP contribution in [-0.4, -0.2) is 29.3 Å². The number of amides is 2. The van der Waals surface area contributed by atoms with Crippen molar-refractivity contribution in [3.05, 3.63) is 70.1 Å². The van der Waals surface area contributed by atoms with E-state index in [1.54, 1.807) is 6.07 Å². The van der Waals surface area contributed by atoms with Gasteiger partial charge in [-0.25, -0.2) is 4.90 Å². The maximum absolute atomic E-state index is 13.1. The van der Waals surface area contributed by atoms with Crippen molar-refractivity contribution in [2.24, 2.45) is 0 Å². The van der Waals surface area contributed by atoms with Crippen molar-refractivity contribution in [3.63, 3.8) is 0 Å². The molecule has 25 heavy (non-hydrogen) atoms. The van der Waals surface area contributed by atoms with Gasteiger partial charge in [-0.2, -0.15) is 0 Å². The minimum absolute atomic E-state index is 0.0544. The highest BCUT2D eigenvalue weighted by molar-refractivity contribution is 8.04. The lowest BCUT2D eigenvalue weighted by Gasteiger charge is -2.17. The number of hydrogen-bond donors (Lipinski definition) is 1. The average Bonchev–Trinajstić information content (AvgIpc) is 2.85. The van der Waals surface area contributed by atoms with Gasteiger partial charge in [0.15, 0.2) is 0 Å². The fourth-order valence-corrected chi connectivity index (χ4v) is 3.66. The van der Waals surface area contributed by atoms with Crippen LogP contribution >= 0.6 is 11.8 Å². The van der Waals surface area contributed by atoms with Crippen LogP contribution in [0.15, 0.2) is 53.4 Å². The molecule has 1 heterocycles. The lowest BCUT2D eigenvalue weighted by atomic mass is 10.0. The molecule has 0 unspecified atom stereocenters. The molecule has 3 rings (SSSR count). The summed E-state index contributed by atoms with van der Waals surface area (Å²) in [6, 6.07) is 14.9. The van der Waals surface area contributed by atoms with Crippen LogP contribution in [0, 0.1) is 13.8 Å². The maximum atomic E-state index is 13.1. The summed E-state index contributed by atoms with van der Waals surface area (Å²) in [5.74, 6) is -0.275. The van der Waals surface area contributed by atoms with E-state index in [2.05, 4.69) is 0 Å². The van der Waals surface area contributed by atoms with Gasteiger partial charge in [0.1, 0.15) is 0 Å². The van der Waals surface area contributed by atoms with Gasteiger partial charge in [-0.1, -0.05) is 48.0 Å². The van der Waals surface area contributed by atoms with Gasteiger partial charge in [-0.3, -0.25) is 9.59 Å². The molecule has 0 aliphatic carbocycles. The Hall–Kier alpha value is -2.37. The van der Waals surface area contributed by atoms with Crippen molar-refractivity contribution in [1.29, 1.82) is 0 Å². The molecular formula is C20H19NO3S. The van der Waals surface area contributed by atoms with Gasteiger partial charge >= 0.3 is 0 Å². The Kier molecular flexibility index (Phi) is 5.06. The van der Waals surface area contributed by atoms with Gasteiger partial charge in [0.05, 0.1) is 22.8 Å². The van der Waals surface area contributed by atoms with Crippen LogP contribution in [0.5, 0.6) is 0 Å². The van der Waals surface area contributed by atoms with Crippen LogP contribution < -0.4 is 4.90 Å². The molecule has 1 aliphatic rings. The fraction of sp³-hybridized carbons (Fsp3) is 0.200. The molecule has 4 nitrogen and oxygen atoms in total. The molecule has 2 aromatic carbocycles. The number of aliphatic hydroxyl groups excluding tert-OH is 1. The number of para-hydroxylation sites is 1. The SMILES string of the molecule is Cc1ccc(C2=C(SCCO)C(=O)N(c3ccccc3C)C2=O)cc1. The van der Waals surface area contributed by atoms with E-state index < -0.39 is 0 Å². The van der Waals surface area contributed by atoms with Crippen LogP contribution in [0.2, 0.25) is 0 Å². The number of aliphatic hydroxyl groups is 1.